The molecule has 2 aromatic rings. The van der Waals surface area contributed by atoms with Crippen LogP contribution in [0, 0.1) is 0 Å². The zero-order chi connectivity index (χ0) is 17.8. The standard InChI is InChI=1S/C21H27N3OS/c25-21(24-14-5-2-6-19(24)20-22-11-15-26-20)18-9-7-17(8-10-18)16-23-12-3-1-4-13-23/h7-11,15,19H,1-6,12-14,16H2/t19-/m1/s1. The third-order valence-corrected chi connectivity index (χ3v) is 6.43. The quantitative estimate of drug-likeness (QED) is 0.796. The maximum Gasteiger partial charge on any atom is 0.254 e. The van der Waals surface area contributed by atoms with E-state index >= 15 is 0 Å². The molecule has 4 nitrogen and oxygen atoms in total. The van der Waals surface area contributed by atoms with Gasteiger partial charge in [0, 0.05) is 30.2 Å². The number of piperidine rings is 2. The van der Waals surface area contributed by atoms with Crippen LogP contribution in [0.25, 0.3) is 0 Å². The van der Waals surface area contributed by atoms with Crippen molar-refractivity contribution in [3.63, 3.8) is 0 Å². The SMILES string of the molecule is O=C(c1ccc(CN2CCCCC2)cc1)N1CCCC[C@@H]1c1nccs1. The molecule has 2 fully saturated rings. The van der Waals surface area contributed by atoms with E-state index in [1.54, 1.807) is 11.3 Å². The molecule has 138 valence electrons. The second-order valence-corrected chi connectivity index (χ2v) is 8.34. The normalized spacial score (nSPS) is 21.7. The molecule has 26 heavy (non-hydrogen) atoms. The number of carbonyl (C=O) groups is 1. The minimum Gasteiger partial charge on any atom is -0.329 e. The monoisotopic (exact) mass is 369 g/mol. The fourth-order valence-corrected chi connectivity index (χ4v) is 4.91. The summed E-state index contributed by atoms with van der Waals surface area (Å²) in [5, 5.41) is 3.07. The Balaban J connectivity index is 1.45. The van der Waals surface area contributed by atoms with E-state index in [1.165, 1.54) is 44.3 Å². The van der Waals surface area contributed by atoms with Gasteiger partial charge in [0.2, 0.25) is 0 Å². The van der Waals surface area contributed by atoms with Gasteiger partial charge in [0.25, 0.3) is 5.91 Å². The largest absolute Gasteiger partial charge is 0.329 e. The number of rotatable bonds is 4. The molecule has 1 atom stereocenters. The lowest BCUT2D eigenvalue weighted by Gasteiger charge is -2.34. The van der Waals surface area contributed by atoms with Gasteiger partial charge >= 0.3 is 0 Å². The number of nitrogens with zero attached hydrogens (tertiary/aromatic N) is 3. The molecule has 0 radical (unpaired) electrons. The molecule has 0 bridgehead atoms. The first-order chi connectivity index (χ1) is 12.8. The third kappa shape index (κ3) is 3.99. The lowest BCUT2D eigenvalue weighted by molar-refractivity contribution is 0.0611. The van der Waals surface area contributed by atoms with Gasteiger partial charge in [-0.3, -0.25) is 9.69 Å². The van der Waals surface area contributed by atoms with E-state index in [4.69, 9.17) is 0 Å². The van der Waals surface area contributed by atoms with Crippen LogP contribution in [0.2, 0.25) is 0 Å². The molecule has 5 heteroatoms. The van der Waals surface area contributed by atoms with Gasteiger partial charge in [0.05, 0.1) is 6.04 Å². The van der Waals surface area contributed by atoms with E-state index in [-0.39, 0.29) is 11.9 Å². The van der Waals surface area contributed by atoms with Gasteiger partial charge < -0.3 is 4.90 Å². The van der Waals surface area contributed by atoms with Crippen LogP contribution in [0.3, 0.4) is 0 Å². The number of aromatic nitrogens is 1. The van der Waals surface area contributed by atoms with Gasteiger partial charge in [0.1, 0.15) is 5.01 Å². The Kier molecular flexibility index (Phi) is 5.65. The predicted molar refractivity (Wildman–Crippen MR) is 105 cm³/mol. The fourth-order valence-electron chi connectivity index (χ4n) is 4.12. The highest BCUT2D eigenvalue weighted by Crippen LogP contribution is 2.33. The average molecular weight is 370 g/mol. The Morgan fingerprint density at radius 1 is 1.04 bits per heavy atom. The number of thiazole rings is 1. The zero-order valence-corrected chi connectivity index (χ0v) is 16.1. The highest BCUT2D eigenvalue weighted by molar-refractivity contribution is 7.09. The van der Waals surface area contributed by atoms with Gasteiger partial charge in [-0.2, -0.15) is 0 Å². The number of likely N-dealkylation sites (tertiary alicyclic amines) is 2. The second kappa shape index (κ2) is 8.31. The summed E-state index contributed by atoms with van der Waals surface area (Å²) in [5.74, 6) is 0.148. The lowest BCUT2D eigenvalue weighted by Crippen LogP contribution is -2.38. The van der Waals surface area contributed by atoms with Crippen LogP contribution in [-0.2, 0) is 6.54 Å². The Morgan fingerprint density at radius 2 is 1.81 bits per heavy atom. The van der Waals surface area contributed by atoms with Gasteiger partial charge in [-0.05, 0) is 62.9 Å². The smallest absolute Gasteiger partial charge is 0.254 e. The number of hydrogen-bond donors (Lipinski definition) is 0. The molecule has 0 aliphatic carbocycles. The van der Waals surface area contributed by atoms with Crippen LogP contribution in [0.1, 0.15) is 65.5 Å². The third-order valence-electron chi connectivity index (χ3n) is 5.56. The van der Waals surface area contributed by atoms with E-state index in [2.05, 4.69) is 22.0 Å². The molecule has 0 spiro atoms. The summed E-state index contributed by atoms with van der Waals surface area (Å²) >= 11 is 1.66. The van der Waals surface area contributed by atoms with Crippen molar-refractivity contribution >= 4 is 17.2 Å². The van der Waals surface area contributed by atoms with Crippen LogP contribution in [0.4, 0.5) is 0 Å². The number of hydrogen-bond acceptors (Lipinski definition) is 4. The lowest BCUT2D eigenvalue weighted by atomic mass is 10.0. The number of benzene rings is 1. The van der Waals surface area contributed by atoms with Crippen LogP contribution in [-0.4, -0.2) is 40.3 Å². The Labute approximate surface area is 159 Å². The van der Waals surface area contributed by atoms with Crippen molar-refractivity contribution in [3.8, 4) is 0 Å². The van der Waals surface area contributed by atoms with E-state index in [9.17, 15) is 4.79 Å². The first kappa shape index (κ1) is 17.7. The highest BCUT2D eigenvalue weighted by Gasteiger charge is 2.30. The summed E-state index contributed by atoms with van der Waals surface area (Å²) in [6.45, 7) is 4.23. The molecular weight excluding hydrogens is 342 g/mol. The molecule has 1 aromatic carbocycles. The van der Waals surface area contributed by atoms with E-state index in [1.807, 2.05) is 28.6 Å². The Hall–Kier alpha value is -1.72. The minimum absolute atomic E-state index is 0.143. The van der Waals surface area contributed by atoms with Crippen molar-refractivity contribution in [2.75, 3.05) is 19.6 Å². The molecule has 0 N–H and O–H groups in total. The minimum atomic E-state index is 0.143. The summed E-state index contributed by atoms with van der Waals surface area (Å²) in [4.78, 5) is 22.1. The molecule has 2 aliphatic heterocycles. The molecule has 1 aromatic heterocycles. The maximum atomic E-state index is 13.1. The summed E-state index contributed by atoms with van der Waals surface area (Å²) in [7, 11) is 0. The fraction of sp³-hybridized carbons (Fsp3) is 0.524. The molecule has 2 saturated heterocycles. The first-order valence-corrected chi connectivity index (χ1v) is 10.7. The topological polar surface area (TPSA) is 36.4 Å². The van der Waals surface area contributed by atoms with Crippen molar-refractivity contribution in [2.45, 2.75) is 51.1 Å². The maximum absolute atomic E-state index is 13.1. The molecule has 0 saturated carbocycles. The molecule has 1 amide bonds. The summed E-state index contributed by atoms with van der Waals surface area (Å²) < 4.78 is 0. The molecule has 3 heterocycles. The second-order valence-electron chi connectivity index (χ2n) is 7.41. The number of carbonyl (C=O) groups excluding carboxylic acids is 1. The van der Waals surface area contributed by atoms with E-state index in [0.29, 0.717) is 0 Å². The summed E-state index contributed by atoms with van der Waals surface area (Å²) in [6, 6.07) is 8.42. The molecular formula is C21H27N3OS. The van der Waals surface area contributed by atoms with Gasteiger partial charge in [-0.25, -0.2) is 4.98 Å². The van der Waals surface area contributed by atoms with Crippen LogP contribution in [0.5, 0.6) is 0 Å². The van der Waals surface area contributed by atoms with Crippen LogP contribution >= 0.6 is 11.3 Å². The average Bonchev–Trinajstić information content (AvgIpc) is 3.24. The molecule has 0 unspecified atom stereocenters. The van der Waals surface area contributed by atoms with Gasteiger partial charge in [-0.1, -0.05) is 18.6 Å². The Bertz CT molecular complexity index is 707. The first-order valence-electron chi connectivity index (χ1n) is 9.83. The van der Waals surface area contributed by atoms with Crippen molar-refractivity contribution in [1.82, 2.24) is 14.8 Å². The van der Waals surface area contributed by atoms with Gasteiger partial charge in [0.15, 0.2) is 0 Å². The molecule has 2 aliphatic rings. The van der Waals surface area contributed by atoms with Crippen LogP contribution in [0.15, 0.2) is 35.8 Å². The van der Waals surface area contributed by atoms with Crippen molar-refractivity contribution < 1.29 is 4.79 Å². The summed E-state index contributed by atoms with van der Waals surface area (Å²) in [6.07, 6.45) is 9.09. The highest BCUT2D eigenvalue weighted by atomic mass is 32.1. The van der Waals surface area contributed by atoms with Gasteiger partial charge in [-0.15, -0.1) is 11.3 Å². The molecule has 4 rings (SSSR count). The predicted octanol–water partition coefficient (Wildman–Crippen LogP) is 4.50. The zero-order valence-electron chi connectivity index (χ0n) is 15.3. The van der Waals surface area contributed by atoms with E-state index in [0.717, 1.165) is 36.5 Å². The van der Waals surface area contributed by atoms with Crippen molar-refractivity contribution in [1.29, 1.82) is 0 Å². The van der Waals surface area contributed by atoms with Crippen molar-refractivity contribution in [2.24, 2.45) is 0 Å². The van der Waals surface area contributed by atoms with Crippen molar-refractivity contribution in [3.05, 3.63) is 52.0 Å². The van der Waals surface area contributed by atoms with Crippen LogP contribution < -0.4 is 0 Å². The number of amides is 1. The van der Waals surface area contributed by atoms with E-state index < -0.39 is 0 Å². The summed E-state index contributed by atoms with van der Waals surface area (Å²) in [5.41, 5.74) is 2.11. The Morgan fingerprint density at radius 3 is 2.54 bits per heavy atom.